The van der Waals surface area contributed by atoms with Gasteiger partial charge in [0, 0.05) is 11.6 Å². The first kappa shape index (κ1) is 19.1. The molecule has 0 aliphatic rings. The van der Waals surface area contributed by atoms with Crippen molar-refractivity contribution in [1.82, 2.24) is 5.32 Å². The standard InChI is InChI=1S/C19H21N3O4/c1-4-13(3)20-18(23)14-9-5-6-11-16(14)21-19(24)15-10-7-8-12(2)17(15)22(25)26/h5-11,13H,4H2,1-3H3,(H,20,23)(H,21,24)/t13-/m1/s1. The number of anilines is 1. The van der Waals surface area contributed by atoms with Crippen LogP contribution in [0.3, 0.4) is 0 Å². The maximum absolute atomic E-state index is 12.6. The summed E-state index contributed by atoms with van der Waals surface area (Å²) < 4.78 is 0. The Kier molecular flexibility index (Phi) is 6.06. The first-order valence-corrected chi connectivity index (χ1v) is 8.30. The summed E-state index contributed by atoms with van der Waals surface area (Å²) in [6.07, 6.45) is 0.774. The lowest BCUT2D eigenvalue weighted by Crippen LogP contribution is -2.32. The van der Waals surface area contributed by atoms with Crippen LogP contribution in [0.5, 0.6) is 0 Å². The first-order valence-electron chi connectivity index (χ1n) is 8.30. The minimum Gasteiger partial charge on any atom is -0.350 e. The highest BCUT2D eigenvalue weighted by molar-refractivity contribution is 6.10. The van der Waals surface area contributed by atoms with Crippen molar-refractivity contribution >= 4 is 23.2 Å². The number of carbonyl (C=O) groups is 2. The predicted molar refractivity (Wildman–Crippen MR) is 99.4 cm³/mol. The molecule has 0 bridgehead atoms. The van der Waals surface area contributed by atoms with Gasteiger partial charge in [-0.1, -0.05) is 31.2 Å². The van der Waals surface area contributed by atoms with Crippen LogP contribution in [0.25, 0.3) is 0 Å². The highest BCUT2D eigenvalue weighted by atomic mass is 16.6. The SMILES string of the molecule is CC[C@@H](C)NC(=O)c1ccccc1NC(=O)c1cccc(C)c1[N+](=O)[O-]. The molecule has 1 atom stereocenters. The second kappa shape index (κ2) is 8.24. The molecular weight excluding hydrogens is 334 g/mol. The summed E-state index contributed by atoms with van der Waals surface area (Å²) >= 11 is 0. The maximum Gasteiger partial charge on any atom is 0.285 e. The molecule has 7 nitrogen and oxygen atoms in total. The Morgan fingerprint density at radius 3 is 2.38 bits per heavy atom. The molecule has 0 unspecified atom stereocenters. The molecule has 2 aromatic rings. The van der Waals surface area contributed by atoms with E-state index in [1.807, 2.05) is 13.8 Å². The third-order valence-electron chi connectivity index (χ3n) is 4.07. The number of carbonyl (C=O) groups excluding carboxylic acids is 2. The normalized spacial score (nSPS) is 11.5. The average molecular weight is 355 g/mol. The lowest BCUT2D eigenvalue weighted by molar-refractivity contribution is -0.385. The van der Waals surface area contributed by atoms with Gasteiger partial charge in [-0.25, -0.2) is 0 Å². The zero-order valence-corrected chi connectivity index (χ0v) is 14.9. The van der Waals surface area contributed by atoms with Crippen LogP contribution < -0.4 is 10.6 Å². The maximum atomic E-state index is 12.6. The van der Waals surface area contributed by atoms with Gasteiger partial charge < -0.3 is 10.6 Å². The third-order valence-corrected chi connectivity index (χ3v) is 4.07. The molecule has 0 heterocycles. The van der Waals surface area contributed by atoms with Crippen molar-refractivity contribution in [3.63, 3.8) is 0 Å². The average Bonchev–Trinajstić information content (AvgIpc) is 2.61. The van der Waals surface area contributed by atoms with Crippen LogP contribution in [-0.4, -0.2) is 22.8 Å². The van der Waals surface area contributed by atoms with Crippen molar-refractivity contribution in [2.75, 3.05) is 5.32 Å². The van der Waals surface area contributed by atoms with E-state index in [9.17, 15) is 19.7 Å². The number of hydrogen-bond donors (Lipinski definition) is 2. The third kappa shape index (κ3) is 4.24. The molecule has 2 amide bonds. The van der Waals surface area contributed by atoms with Crippen molar-refractivity contribution in [2.24, 2.45) is 0 Å². The number of benzene rings is 2. The van der Waals surface area contributed by atoms with Crippen LogP contribution in [0.2, 0.25) is 0 Å². The molecule has 0 spiro atoms. The zero-order valence-electron chi connectivity index (χ0n) is 14.9. The van der Waals surface area contributed by atoms with Crippen molar-refractivity contribution in [3.05, 3.63) is 69.3 Å². The largest absolute Gasteiger partial charge is 0.350 e. The summed E-state index contributed by atoms with van der Waals surface area (Å²) in [6.45, 7) is 5.41. The zero-order chi connectivity index (χ0) is 19.3. The van der Waals surface area contributed by atoms with Crippen LogP contribution >= 0.6 is 0 Å². The molecule has 0 aromatic heterocycles. The number of rotatable bonds is 6. The van der Waals surface area contributed by atoms with E-state index < -0.39 is 10.8 Å². The van der Waals surface area contributed by atoms with Crippen LogP contribution in [-0.2, 0) is 0 Å². The van der Waals surface area contributed by atoms with Gasteiger partial charge in [-0.3, -0.25) is 19.7 Å². The first-order chi connectivity index (χ1) is 12.3. The molecular formula is C19H21N3O4. The summed E-state index contributed by atoms with van der Waals surface area (Å²) in [5.74, 6) is -0.946. The number of para-hydroxylation sites is 2. The molecule has 0 saturated carbocycles. The monoisotopic (exact) mass is 355 g/mol. The quantitative estimate of drug-likeness (QED) is 0.609. The van der Waals surface area contributed by atoms with Crippen LogP contribution in [0.4, 0.5) is 11.4 Å². The molecule has 0 saturated heterocycles. The van der Waals surface area contributed by atoms with Gasteiger partial charge in [0.1, 0.15) is 5.56 Å². The number of hydrogen-bond acceptors (Lipinski definition) is 4. The van der Waals surface area contributed by atoms with Gasteiger partial charge >= 0.3 is 0 Å². The van der Waals surface area contributed by atoms with Gasteiger partial charge in [0.25, 0.3) is 17.5 Å². The topological polar surface area (TPSA) is 101 Å². The van der Waals surface area contributed by atoms with E-state index in [0.717, 1.165) is 6.42 Å². The molecule has 136 valence electrons. The molecule has 0 fully saturated rings. The Bertz CT molecular complexity index is 848. The lowest BCUT2D eigenvalue weighted by atomic mass is 10.1. The second-order valence-corrected chi connectivity index (χ2v) is 6.01. The summed E-state index contributed by atoms with van der Waals surface area (Å²) in [4.78, 5) is 35.7. The highest BCUT2D eigenvalue weighted by Gasteiger charge is 2.23. The Labute approximate surface area is 151 Å². The summed E-state index contributed by atoms with van der Waals surface area (Å²) in [7, 11) is 0. The minimum atomic E-state index is -0.635. The van der Waals surface area contributed by atoms with E-state index in [-0.39, 0.29) is 23.2 Å². The second-order valence-electron chi connectivity index (χ2n) is 6.01. The van der Waals surface area contributed by atoms with Crippen LogP contribution in [0, 0.1) is 17.0 Å². The van der Waals surface area contributed by atoms with Gasteiger partial charge in [-0.2, -0.15) is 0 Å². The number of amides is 2. The molecule has 2 aromatic carbocycles. The van der Waals surface area contributed by atoms with Crippen LogP contribution in [0.1, 0.15) is 46.5 Å². The number of aryl methyl sites for hydroxylation is 1. The van der Waals surface area contributed by atoms with E-state index >= 15 is 0 Å². The van der Waals surface area contributed by atoms with Crippen molar-refractivity contribution in [3.8, 4) is 0 Å². The molecule has 7 heteroatoms. The van der Waals surface area contributed by atoms with E-state index in [1.165, 1.54) is 6.07 Å². The number of nitrogens with zero attached hydrogens (tertiary/aromatic N) is 1. The van der Waals surface area contributed by atoms with E-state index in [2.05, 4.69) is 10.6 Å². The molecule has 26 heavy (non-hydrogen) atoms. The summed E-state index contributed by atoms with van der Waals surface area (Å²) in [5, 5.41) is 16.7. The van der Waals surface area contributed by atoms with Crippen molar-refractivity contribution in [2.45, 2.75) is 33.2 Å². The fraction of sp³-hybridized carbons (Fsp3) is 0.263. The van der Waals surface area contributed by atoms with Crippen LogP contribution in [0.15, 0.2) is 42.5 Å². The fourth-order valence-electron chi connectivity index (χ4n) is 2.47. The molecule has 2 rings (SSSR count). The fourth-order valence-corrected chi connectivity index (χ4v) is 2.47. The van der Waals surface area contributed by atoms with Gasteiger partial charge in [0.2, 0.25) is 0 Å². The Balaban J connectivity index is 2.33. The minimum absolute atomic E-state index is 0.0101. The molecule has 0 aliphatic heterocycles. The molecule has 0 radical (unpaired) electrons. The summed E-state index contributed by atoms with van der Waals surface area (Å²) in [6, 6.07) is 11.1. The van der Waals surface area contributed by atoms with Gasteiger partial charge in [-0.05, 0) is 38.5 Å². The highest BCUT2D eigenvalue weighted by Crippen LogP contribution is 2.25. The smallest absolute Gasteiger partial charge is 0.285 e. The molecule has 2 N–H and O–H groups in total. The number of nitro groups is 1. The van der Waals surface area contributed by atoms with E-state index in [4.69, 9.17) is 0 Å². The Morgan fingerprint density at radius 2 is 1.73 bits per heavy atom. The van der Waals surface area contributed by atoms with E-state index in [0.29, 0.717) is 16.8 Å². The lowest BCUT2D eigenvalue weighted by Gasteiger charge is -2.15. The van der Waals surface area contributed by atoms with Crippen molar-refractivity contribution in [1.29, 1.82) is 0 Å². The van der Waals surface area contributed by atoms with E-state index in [1.54, 1.807) is 43.3 Å². The Hall–Kier alpha value is -3.22. The Morgan fingerprint density at radius 1 is 1.08 bits per heavy atom. The number of nitro benzene ring substituents is 1. The van der Waals surface area contributed by atoms with Gasteiger partial charge in [0.05, 0.1) is 16.2 Å². The summed E-state index contributed by atoms with van der Waals surface area (Å²) in [5.41, 5.74) is 0.703. The molecule has 0 aliphatic carbocycles. The van der Waals surface area contributed by atoms with Crippen molar-refractivity contribution < 1.29 is 14.5 Å². The number of nitrogens with one attached hydrogen (secondary N) is 2. The predicted octanol–water partition coefficient (Wildman–Crippen LogP) is 3.68. The van der Waals surface area contributed by atoms with Gasteiger partial charge in [0.15, 0.2) is 0 Å². The van der Waals surface area contributed by atoms with Gasteiger partial charge in [-0.15, -0.1) is 0 Å².